The molecule has 0 radical (unpaired) electrons. The Bertz CT molecular complexity index is 1050. The highest BCUT2D eigenvalue weighted by atomic mass is 32.2. The predicted molar refractivity (Wildman–Crippen MR) is 107 cm³/mol. The molecule has 0 spiro atoms. The number of ether oxygens (including phenoxy) is 1. The number of hydroxylamine groups is 1. The number of sulfonamides is 1. The largest absolute Gasteiger partial charge is 0.457 e. The first kappa shape index (κ1) is 22.5. The summed E-state index contributed by atoms with van der Waals surface area (Å²) in [4.78, 5) is 25.2. The second-order valence-corrected chi connectivity index (χ2v) is 8.53. The number of amides is 3. The van der Waals surface area contributed by atoms with Gasteiger partial charge in [0.1, 0.15) is 23.4 Å². The first-order valence-electron chi connectivity index (χ1n) is 9.22. The van der Waals surface area contributed by atoms with Gasteiger partial charge in [-0.25, -0.2) is 23.1 Å². The predicted octanol–water partition coefficient (Wildman–Crippen LogP) is 1.14. The lowest BCUT2D eigenvalue weighted by Crippen LogP contribution is -2.62. The molecule has 3 amide bonds. The molecule has 1 aliphatic rings. The molecule has 1 unspecified atom stereocenters. The van der Waals surface area contributed by atoms with Crippen molar-refractivity contribution in [3.05, 3.63) is 54.3 Å². The van der Waals surface area contributed by atoms with Gasteiger partial charge in [0.25, 0.3) is 5.91 Å². The van der Waals surface area contributed by atoms with Crippen molar-refractivity contribution >= 4 is 22.0 Å². The minimum Gasteiger partial charge on any atom is -0.457 e. The van der Waals surface area contributed by atoms with E-state index in [0.717, 1.165) is 4.31 Å². The third kappa shape index (κ3) is 4.93. The Morgan fingerprint density at radius 2 is 1.65 bits per heavy atom. The van der Waals surface area contributed by atoms with Crippen LogP contribution >= 0.6 is 0 Å². The molecule has 2 aromatic rings. The van der Waals surface area contributed by atoms with E-state index >= 15 is 0 Å². The molecule has 0 saturated carbocycles. The van der Waals surface area contributed by atoms with Gasteiger partial charge in [0.05, 0.1) is 4.90 Å². The minimum atomic E-state index is -4.12. The van der Waals surface area contributed by atoms with Gasteiger partial charge in [-0.1, -0.05) is 0 Å². The number of hydrogen-bond donors (Lipinski definition) is 3. The molecule has 166 valence electrons. The van der Waals surface area contributed by atoms with Crippen molar-refractivity contribution in [1.82, 2.24) is 20.0 Å². The molecule has 2 aromatic carbocycles. The number of carbonyl (C=O) groups is 2. The second-order valence-electron chi connectivity index (χ2n) is 6.64. The van der Waals surface area contributed by atoms with Crippen LogP contribution in [0.5, 0.6) is 11.5 Å². The van der Waals surface area contributed by atoms with E-state index in [1.165, 1.54) is 66.0 Å². The van der Waals surface area contributed by atoms with Gasteiger partial charge in [-0.2, -0.15) is 4.31 Å². The average molecular weight is 452 g/mol. The summed E-state index contributed by atoms with van der Waals surface area (Å²) in [6.07, 6.45) is 0. The first-order chi connectivity index (χ1) is 14.8. The van der Waals surface area contributed by atoms with Crippen molar-refractivity contribution in [2.24, 2.45) is 0 Å². The van der Waals surface area contributed by atoms with E-state index in [0.29, 0.717) is 11.5 Å². The summed E-state index contributed by atoms with van der Waals surface area (Å²) in [7, 11) is -2.70. The summed E-state index contributed by atoms with van der Waals surface area (Å²) in [5.74, 6) is -0.651. The van der Waals surface area contributed by atoms with Crippen LogP contribution in [0.15, 0.2) is 53.4 Å². The Morgan fingerprint density at radius 1 is 1.06 bits per heavy atom. The van der Waals surface area contributed by atoms with Crippen LogP contribution in [-0.2, 0) is 14.8 Å². The molecule has 1 fully saturated rings. The summed E-state index contributed by atoms with van der Waals surface area (Å²) < 4.78 is 45.8. The zero-order chi connectivity index (χ0) is 22.6. The van der Waals surface area contributed by atoms with Gasteiger partial charge in [0.15, 0.2) is 0 Å². The third-order valence-corrected chi connectivity index (χ3v) is 6.65. The maximum atomic E-state index is 13.1. The van der Waals surface area contributed by atoms with E-state index in [2.05, 4.69) is 5.32 Å². The molecule has 3 N–H and O–H groups in total. The van der Waals surface area contributed by atoms with E-state index in [1.807, 2.05) is 0 Å². The van der Waals surface area contributed by atoms with Gasteiger partial charge in [0.2, 0.25) is 10.0 Å². The number of carbonyl (C=O) groups excluding carboxylic acids is 2. The maximum Gasteiger partial charge on any atom is 0.317 e. The van der Waals surface area contributed by atoms with Crippen LogP contribution in [0, 0.1) is 5.82 Å². The molecular formula is C19H21FN4O6S. The Kier molecular flexibility index (Phi) is 6.73. The number of hydrogen-bond acceptors (Lipinski definition) is 6. The Hall–Kier alpha value is -3.22. The zero-order valence-corrected chi connectivity index (χ0v) is 17.3. The van der Waals surface area contributed by atoms with Crippen LogP contribution in [0.3, 0.4) is 0 Å². The number of nitrogens with zero attached hydrogens (tertiary/aromatic N) is 2. The zero-order valence-electron chi connectivity index (χ0n) is 16.5. The van der Waals surface area contributed by atoms with E-state index in [1.54, 1.807) is 0 Å². The number of benzene rings is 2. The summed E-state index contributed by atoms with van der Waals surface area (Å²) >= 11 is 0. The highest BCUT2D eigenvalue weighted by Crippen LogP contribution is 2.26. The number of urea groups is 1. The normalized spacial score (nSPS) is 17.1. The highest BCUT2D eigenvalue weighted by Gasteiger charge is 2.41. The van der Waals surface area contributed by atoms with Crippen LogP contribution in [-0.4, -0.2) is 67.5 Å². The van der Waals surface area contributed by atoms with Crippen molar-refractivity contribution in [2.45, 2.75) is 10.9 Å². The van der Waals surface area contributed by atoms with Crippen LogP contribution in [0.1, 0.15) is 0 Å². The summed E-state index contributed by atoms with van der Waals surface area (Å²) in [6, 6.07) is 9.05. The molecule has 1 aliphatic heterocycles. The topological polar surface area (TPSA) is 128 Å². The van der Waals surface area contributed by atoms with E-state index in [9.17, 15) is 22.4 Å². The standard InChI is InChI=1S/C19H21FN4O6S/c1-21-19(26)23-10-11-24(17(12-23)18(25)22-27)31(28,29)16-8-6-15(7-9-16)30-14-4-2-13(20)3-5-14/h2-9,17,27H,10-12H2,1H3,(H,21,26)(H,22,25). The summed E-state index contributed by atoms with van der Waals surface area (Å²) in [5.41, 5.74) is 1.46. The fraction of sp³-hybridized carbons (Fsp3) is 0.263. The van der Waals surface area contributed by atoms with Gasteiger partial charge in [-0.3, -0.25) is 10.0 Å². The molecule has 1 heterocycles. The van der Waals surface area contributed by atoms with Crippen molar-refractivity contribution in [2.75, 3.05) is 26.7 Å². The molecule has 3 rings (SSSR count). The lowest BCUT2D eigenvalue weighted by molar-refractivity contribution is -0.134. The van der Waals surface area contributed by atoms with E-state index in [4.69, 9.17) is 9.94 Å². The number of piperazine rings is 1. The molecular weight excluding hydrogens is 431 g/mol. The van der Waals surface area contributed by atoms with Gasteiger partial charge in [0, 0.05) is 26.7 Å². The summed E-state index contributed by atoms with van der Waals surface area (Å²) in [5, 5.41) is 11.5. The smallest absolute Gasteiger partial charge is 0.317 e. The van der Waals surface area contributed by atoms with Crippen LogP contribution in [0.2, 0.25) is 0 Å². The van der Waals surface area contributed by atoms with Crippen molar-refractivity contribution < 1.29 is 32.3 Å². The van der Waals surface area contributed by atoms with Crippen LogP contribution in [0.4, 0.5) is 9.18 Å². The highest BCUT2D eigenvalue weighted by molar-refractivity contribution is 7.89. The third-order valence-electron chi connectivity index (χ3n) is 4.72. The number of halogens is 1. The van der Waals surface area contributed by atoms with Crippen molar-refractivity contribution in [3.63, 3.8) is 0 Å². The lowest BCUT2D eigenvalue weighted by Gasteiger charge is -2.38. The lowest BCUT2D eigenvalue weighted by atomic mass is 10.2. The van der Waals surface area contributed by atoms with E-state index in [-0.39, 0.29) is 24.5 Å². The molecule has 31 heavy (non-hydrogen) atoms. The van der Waals surface area contributed by atoms with Crippen molar-refractivity contribution in [1.29, 1.82) is 0 Å². The fourth-order valence-electron chi connectivity index (χ4n) is 3.14. The molecule has 0 aromatic heterocycles. The monoisotopic (exact) mass is 452 g/mol. The van der Waals surface area contributed by atoms with Crippen LogP contribution < -0.4 is 15.5 Å². The molecule has 12 heteroatoms. The quantitative estimate of drug-likeness (QED) is 0.461. The Morgan fingerprint density at radius 3 is 2.19 bits per heavy atom. The van der Waals surface area contributed by atoms with Crippen LogP contribution in [0.25, 0.3) is 0 Å². The molecule has 1 saturated heterocycles. The average Bonchev–Trinajstić information content (AvgIpc) is 2.79. The molecule has 0 bridgehead atoms. The maximum absolute atomic E-state index is 13.1. The van der Waals surface area contributed by atoms with Gasteiger partial charge < -0.3 is 15.0 Å². The fourth-order valence-corrected chi connectivity index (χ4v) is 4.71. The Labute approximate surface area is 178 Å². The second kappa shape index (κ2) is 9.29. The number of nitrogens with one attached hydrogen (secondary N) is 2. The molecule has 10 nitrogen and oxygen atoms in total. The molecule has 1 atom stereocenters. The first-order valence-corrected chi connectivity index (χ1v) is 10.7. The molecule has 0 aliphatic carbocycles. The van der Waals surface area contributed by atoms with E-state index < -0.39 is 33.8 Å². The van der Waals surface area contributed by atoms with Gasteiger partial charge in [-0.05, 0) is 48.5 Å². The minimum absolute atomic E-state index is 0.0693. The number of rotatable bonds is 5. The Balaban J connectivity index is 1.81. The van der Waals surface area contributed by atoms with Gasteiger partial charge in [-0.15, -0.1) is 0 Å². The summed E-state index contributed by atoms with van der Waals surface area (Å²) in [6.45, 7) is -0.293. The van der Waals surface area contributed by atoms with Crippen molar-refractivity contribution in [3.8, 4) is 11.5 Å². The van der Waals surface area contributed by atoms with Gasteiger partial charge >= 0.3 is 6.03 Å². The SMILES string of the molecule is CNC(=O)N1CCN(S(=O)(=O)c2ccc(Oc3ccc(F)cc3)cc2)C(C(=O)NO)C1.